The second-order valence-electron chi connectivity index (χ2n) is 3.74. The number of nitriles is 1. The summed E-state index contributed by atoms with van der Waals surface area (Å²) in [5, 5.41) is 9.32. The van der Waals surface area contributed by atoms with Crippen molar-refractivity contribution in [2.24, 2.45) is 0 Å². The van der Waals surface area contributed by atoms with Crippen molar-refractivity contribution in [1.82, 2.24) is 4.98 Å². The third-order valence-electron chi connectivity index (χ3n) is 2.76. The molecule has 1 aromatic rings. The molecule has 0 aliphatic heterocycles. The molecule has 2 rings (SSSR count). The molecule has 0 saturated heterocycles. The summed E-state index contributed by atoms with van der Waals surface area (Å²) in [5.41, 5.74) is 0.383. The normalized spacial score (nSPS) is 16.3. The highest BCUT2D eigenvalue weighted by Crippen LogP contribution is 2.48. The van der Waals surface area contributed by atoms with Crippen molar-refractivity contribution in [3.05, 3.63) is 28.5 Å². The van der Waals surface area contributed by atoms with Gasteiger partial charge >= 0.3 is 5.97 Å². The van der Waals surface area contributed by atoms with Gasteiger partial charge in [0.15, 0.2) is 0 Å². The van der Waals surface area contributed by atoms with Crippen LogP contribution < -0.4 is 0 Å². The van der Waals surface area contributed by atoms with E-state index in [-0.39, 0.29) is 5.15 Å². The number of hydrogen-bond acceptors (Lipinski definition) is 4. The van der Waals surface area contributed by atoms with Gasteiger partial charge in [-0.2, -0.15) is 5.26 Å². The molecular formula is C11H9ClN2O2. The topological polar surface area (TPSA) is 63.0 Å². The molecule has 0 N–H and O–H groups in total. The van der Waals surface area contributed by atoms with Crippen LogP contribution in [0.3, 0.4) is 0 Å². The van der Waals surface area contributed by atoms with Crippen LogP contribution in [-0.4, -0.2) is 18.1 Å². The first-order valence-electron chi connectivity index (χ1n) is 4.78. The average molecular weight is 237 g/mol. The largest absolute Gasteiger partial charge is 0.465 e. The minimum atomic E-state index is -0.568. The van der Waals surface area contributed by atoms with Gasteiger partial charge in [-0.3, -0.25) is 0 Å². The number of nitrogens with zero attached hydrogens (tertiary/aromatic N) is 2. The molecule has 0 radical (unpaired) electrons. The number of carbonyl (C=O) groups is 1. The lowest BCUT2D eigenvalue weighted by molar-refractivity contribution is 0.0599. The third kappa shape index (κ3) is 1.63. The quantitative estimate of drug-likeness (QED) is 0.583. The zero-order valence-corrected chi connectivity index (χ0v) is 9.41. The molecule has 1 aromatic heterocycles. The van der Waals surface area contributed by atoms with E-state index < -0.39 is 11.4 Å². The molecule has 0 atom stereocenters. The van der Waals surface area contributed by atoms with E-state index in [0.29, 0.717) is 11.1 Å². The first kappa shape index (κ1) is 10.9. The maximum Gasteiger partial charge on any atom is 0.338 e. The van der Waals surface area contributed by atoms with Crippen molar-refractivity contribution >= 4 is 17.6 Å². The number of methoxy groups -OCH3 is 1. The molecule has 0 amide bonds. The SMILES string of the molecule is COC(=O)c1cc(Cl)ncc1C1(C#N)CC1. The zero-order chi connectivity index (χ0) is 11.8. The molecule has 1 fully saturated rings. The Kier molecular flexibility index (Phi) is 2.56. The first-order valence-corrected chi connectivity index (χ1v) is 5.16. The molecule has 1 aliphatic carbocycles. The number of hydrogen-bond donors (Lipinski definition) is 0. The van der Waals surface area contributed by atoms with E-state index in [2.05, 4.69) is 15.8 Å². The highest BCUT2D eigenvalue weighted by atomic mass is 35.5. The molecule has 1 aliphatic rings. The van der Waals surface area contributed by atoms with Gasteiger partial charge in [0.25, 0.3) is 0 Å². The van der Waals surface area contributed by atoms with Gasteiger partial charge in [0.05, 0.1) is 24.2 Å². The Bertz CT molecular complexity index is 489. The number of ether oxygens (including phenoxy) is 1. The fourth-order valence-electron chi connectivity index (χ4n) is 1.66. The Morgan fingerprint density at radius 2 is 2.38 bits per heavy atom. The van der Waals surface area contributed by atoms with Crippen LogP contribution in [0.15, 0.2) is 12.3 Å². The Morgan fingerprint density at radius 3 is 2.88 bits per heavy atom. The van der Waals surface area contributed by atoms with E-state index in [9.17, 15) is 4.79 Å². The number of aromatic nitrogens is 1. The van der Waals surface area contributed by atoms with Gasteiger partial charge in [-0.1, -0.05) is 11.6 Å². The Morgan fingerprint density at radius 1 is 1.69 bits per heavy atom. The van der Waals surface area contributed by atoms with Crippen LogP contribution in [0.4, 0.5) is 0 Å². The van der Waals surface area contributed by atoms with Gasteiger partial charge in [0, 0.05) is 11.8 Å². The van der Waals surface area contributed by atoms with E-state index >= 15 is 0 Å². The van der Waals surface area contributed by atoms with Gasteiger partial charge in [0.1, 0.15) is 5.15 Å². The van der Waals surface area contributed by atoms with Crippen molar-refractivity contribution < 1.29 is 9.53 Å². The maximum atomic E-state index is 11.6. The van der Waals surface area contributed by atoms with E-state index in [1.807, 2.05) is 0 Å². The standard InChI is InChI=1S/C11H9ClN2O2/c1-16-10(15)7-4-9(12)14-5-8(7)11(6-13)2-3-11/h4-5H,2-3H2,1H3. The summed E-state index contributed by atoms with van der Waals surface area (Å²) in [6.07, 6.45) is 2.98. The molecule has 4 nitrogen and oxygen atoms in total. The van der Waals surface area contributed by atoms with Crippen LogP contribution in [0.5, 0.6) is 0 Å². The summed E-state index contributed by atoms with van der Waals surface area (Å²) in [5.74, 6) is -0.485. The molecule has 82 valence electrons. The molecule has 1 heterocycles. The number of esters is 1. The van der Waals surface area contributed by atoms with Crippen LogP contribution in [0.25, 0.3) is 0 Å². The lowest BCUT2D eigenvalue weighted by atomic mass is 9.95. The summed E-state index contributed by atoms with van der Waals surface area (Å²) < 4.78 is 4.66. The number of halogens is 1. The summed E-state index contributed by atoms with van der Waals surface area (Å²) in [7, 11) is 1.30. The van der Waals surface area contributed by atoms with Crippen molar-refractivity contribution in [2.45, 2.75) is 18.3 Å². The fraction of sp³-hybridized carbons (Fsp3) is 0.364. The van der Waals surface area contributed by atoms with Crippen molar-refractivity contribution in [3.8, 4) is 6.07 Å². The maximum absolute atomic E-state index is 11.6. The van der Waals surface area contributed by atoms with Crippen molar-refractivity contribution in [1.29, 1.82) is 5.26 Å². The summed E-state index contributed by atoms with van der Waals surface area (Å²) in [6.45, 7) is 0. The Hall–Kier alpha value is -1.60. The average Bonchev–Trinajstić information content (AvgIpc) is 3.08. The molecule has 0 bridgehead atoms. The second kappa shape index (κ2) is 3.76. The minimum absolute atomic E-state index is 0.220. The molecule has 0 spiro atoms. The van der Waals surface area contributed by atoms with Gasteiger partial charge in [0.2, 0.25) is 0 Å². The minimum Gasteiger partial charge on any atom is -0.465 e. The highest BCUT2D eigenvalue weighted by Gasteiger charge is 2.47. The summed E-state index contributed by atoms with van der Waals surface area (Å²) in [6, 6.07) is 3.66. The predicted molar refractivity (Wildman–Crippen MR) is 57.1 cm³/mol. The first-order chi connectivity index (χ1) is 7.63. The lowest BCUT2D eigenvalue weighted by Gasteiger charge is -2.10. The van der Waals surface area contributed by atoms with Crippen LogP contribution in [0, 0.1) is 11.3 Å². The van der Waals surface area contributed by atoms with E-state index in [0.717, 1.165) is 12.8 Å². The Labute approximate surface area is 97.8 Å². The number of carbonyl (C=O) groups excluding carboxylic acids is 1. The summed E-state index contributed by atoms with van der Waals surface area (Å²) >= 11 is 5.73. The van der Waals surface area contributed by atoms with E-state index in [1.54, 1.807) is 0 Å². The molecule has 5 heteroatoms. The predicted octanol–water partition coefficient (Wildman–Crippen LogP) is 2.08. The smallest absolute Gasteiger partial charge is 0.338 e. The van der Waals surface area contributed by atoms with Gasteiger partial charge in [-0.05, 0) is 18.9 Å². The fourth-order valence-corrected chi connectivity index (χ4v) is 1.81. The zero-order valence-electron chi connectivity index (χ0n) is 8.66. The van der Waals surface area contributed by atoms with Gasteiger partial charge in [-0.15, -0.1) is 0 Å². The number of pyridine rings is 1. The lowest BCUT2D eigenvalue weighted by Crippen LogP contribution is -2.13. The Balaban J connectivity index is 2.54. The van der Waals surface area contributed by atoms with E-state index in [1.165, 1.54) is 19.4 Å². The third-order valence-corrected chi connectivity index (χ3v) is 2.96. The van der Waals surface area contributed by atoms with Crippen molar-refractivity contribution in [2.75, 3.05) is 7.11 Å². The van der Waals surface area contributed by atoms with Crippen LogP contribution in [0.2, 0.25) is 5.15 Å². The number of rotatable bonds is 2. The van der Waals surface area contributed by atoms with E-state index in [4.69, 9.17) is 16.9 Å². The summed E-state index contributed by atoms with van der Waals surface area (Å²) in [4.78, 5) is 15.5. The molecule has 0 aromatic carbocycles. The van der Waals surface area contributed by atoms with Gasteiger partial charge in [-0.25, -0.2) is 9.78 Å². The molecule has 1 saturated carbocycles. The monoisotopic (exact) mass is 236 g/mol. The van der Waals surface area contributed by atoms with Crippen LogP contribution in [-0.2, 0) is 10.2 Å². The van der Waals surface area contributed by atoms with Crippen molar-refractivity contribution in [3.63, 3.8) is 0 Å². The molecule has 16 heavy (non-hydrogen) atoms. The molecular weight excluding hydrogens is 228 g/mol. The van der Waals surface area contributed by atoms with Crippen LogP contribution >= 0.6 is 11.6 Å². The van der Waals surface area contributed by atoms with Gasteiger partial charge < -0.3 is 4.74 Å². The van der Waals surface area contributed by atoms with Crippen LogP contribution in [0.1, 0.15) is 28.8 Å². The molecule has 0 unspecified atom stereocenters. The highest BCUT2D eigenvalue weighted by molar-refractivity contribution is 6.29. The second-order valence-corrected chi connectivity index (χ2v) is 4.13.